The fraction of sp³-hybridized carbons (Fsp3) is 0.333. The van der Waals surface area contributed by atoms with Gasteiger partial charge in [-0.15, -0.1) is 11.3 Å². The van der Waals surface area contributed by atoms with Crippen molar-refractivity contribution >= 4 is 54.5 Å². The molecule has 1 atom stereocenters. The monoisotopic (exact) mass is 393 g/mol. The molecule has 0 bridgehead atoms. The summed E-state index contributed by atoms with van der Waals surface area (Å²) < 4.78 is 2.32. The summed E-state index contributed by atoms with van der Waals surface area (Å²) in [7, 11) is 2.03. The third kappa shape index (κ3) is 3.64. The summed E-state index contributed by atoms with van der Waals surface area (Å²) in [5.41, 5.74) is 1.44. The molecule has 5 heteroatoms. The van der Waals surface area contributed by atoms with Gasteiger partial charge in [0.25, 0.3) is 0 Å². The minimum atomic E-state index is 0.433. The Kier molecular flexibility index (Phi) is 5.24. The minimum Gasteiger partial charge on any atom is -0.312 e. The fourth-order valence-electron chi connectivity index (χ4n) is 1.71. The lowest BCUT2D eigenvalue weighted by Crippen LogP contribution is -2.15. The van der Waals surface area contributed by atoms with Crippen LogP contribution in [0.3, 0.4) is 0 Å². The van der Waals surface area contributed by atoms with E-state index in [1.165, 1.54) is 14.2 Å². The van der Waals surface area contributed by atoms with Gasteiger partial charge >= 0.3 is 0 Å². The molecule has 0 spiro atoms. The fourth-order valence-corrected chi connectivity index (χ4v) is 4.65. The smallest absolute Gasteiger partial charge is 0.0843 e. The van der Waals surface area contributed by atoms with Crippen LogP contribution in [-0.4, -0.2) is 7.05 Å². The molecule has 0 aliphatic rings. The summed E-state index contributed by atoms with van der Waals surface area (Å²) in [6.45, 7) is 0. The molecule has 0 aromatic carbocycles. The Labute approximate surface area is 127 Å². The van der Waals surface area contributed by atoms with E-state index in [0.29, 0.717) is 6.04 Å². The molecule has 0 radical (unpaired) electrons. The van der Waals surface area contributed by atoms with Crippen molar-refractivity contribution in [1.29, 1.82) is 0 Å². The number of halogens is 2. The second-order valence-electron chi connectivity index (χ2n) is 3.78. The van der Waals surface area contributed by atoms with Crippen molar-refractivity contribution in [1.82, 2.24) is 5.32 Å². The average molecular weight is 395 g/mol. The number of aryl methyl sites for hydroxylation is 1. The van der Waals surface area contributed by atoms with Crippen molar-refractivity contribution in [3.05, 3.63) is 41.6 Å². The first-order chi connectivity index (χ1) is 8.20. The molecular weight excluding hydrogens is 382 g/mol. The lowest BCUT2D eigenvalue weighted by Gasteiger charge is -2.13. The van der Waals surface area contributed by atoms with Gasteiger partial charge in [-0.2, -0.15) is 11.3 Å². The van der Waals surface area contributed by atoms with E-state index in [1.807, 2.05) is 7.05 Å². The van der Waals surface area contributed by atoms with Crippen LogP contribution in [0.15, 0.2) is 31.2 Å². The molecular formula is C12H13Br2NS2. The summed E-state index contributed by atoms with van der Waals surface area (Å²) in [5, 5.41) is 7.76. The van der Waals surface area contributed by atoms with Crippen LogP contribution in [0.5, 0.6) is 0 Å². The number of thiophene rings is 2. The van der Waals surface area contributed by atoms with Crippen LogP contribution in [0.4, 0.5) is 0 Å². The van der Waals surface area contributed by atoms with Gasteiger partial charge in [-0.05, 0) is 80.2 Å². The number of hydrogen-bond acceptors (Lipinski definition) is 3. The van der Waals surface area contributed by atoms with Gasteiger partial charge < -0.3 is 5.32 Å². The predicted molar refractivity (Wildman–Crippen MR) is 84.2 cm³/mol. The second kappa shape index (κ2) is 6.48. The summed E-state index contributed by atoms with van der Waals surface area (Å²) in [6, 6.07) is 4.84. The topological polar surface area (TPSA) is 12.0 Å². The molecule has 1 nitrogen and oxygen atoms in total. The highest BCUT2D eigenvalue weighted by molar-refractivity contribution is 9.13. The lowest BCUT2D eigenvalue weighted by atomic mass is 10.1. The van der Waals surface area contributed by atoms with Gasteiger partial charge in [0.15, 0.2) is 0 Å². The third-order valence-electron chi connectivity index (χ3n) is 2.66. The number of rotatable bonds is 5. The average Bonchev–Trinajstić information content (AvgIpc) is 2.91. The molecule has 0 fully saturated rings. The largest absolute Gasteiger partial charge is 0.312 e. The summed E-state index contributed by atoms with van der Waals surface area (Å²) in [5.74, 6) is 0. The molecule has 2 aromatic rings. The molecule has 2 heterocycles. The summed E-state index contributed by atoms with van der Waals surface area (Å²) >= 11 is 10.7. The molecule has 0 saturated heterocycles. The van der Waals surface area contributed by atoms with E-state index in [2.05, 4.69) is 60.1 Å². The van der Waals surface area contributed by atoms with Crippen molar-refractivity contribution in [3.8, 4) is 0 Å². The van der Waals surface area contributed by atoms with Crippen LogP contribution in [0.2, 0.25) is 0 Å². The Balaban J connectivity index is 2.01. The van der Waals surface area contributed by atoms with E-state index in [1.54, 1.807) is 22.7 Å². The van der Waals surface area contributed by atoms with Crippen LogP contribution in [0.25, 0.3) is 0 Å². The second-order valence-corrected chi connectivity index (χ2v) is 7.82. The molecule has 0 aliphatic carbocycles. The van der Waals surface area contributed by atoms with Crippen molar-refractivity contribution in [2.45, 2.75) is 18.9 Å². The molecule has 0 amide bonds. The Morgan fingerprint density at radius 3 is 2.76 bits per heavy atom. The van der Waals surface area contributed by atoms with Gasteiger partial charge in [0.05, 0.1) is 3.79 Å². The Morgan fingerprint density at radius 1 is 1.41 bits per heavy atom. The van der Waals surface area contributed by atoms with E-state index in [-0.39, 0.29) is 0 Å². The molecule has 0 aliphatic heterocycles. The first kappa shape index (κ1) is 13.7. The normalized spacial score (nSPS) is 12.9. The quantitative estimate of drug-likeness (QED) is 0.732. The molecule has 92 valence electrons. The van der Waals surface area contributed by atoms with Gasteiger partial charge in [-0.3, -0.25) is 0 Å². The number of nitrogens with one attached hydrogen (secondary N) is 1. The molecule has 17 heavy (non-hydrogen) atoms. The lowest BCUT2D eigenvalue weighted by molar-refractivity contribution is 0.558. The van der Waals surface area contributed by atoms with Crippen molar-refractivity contribution in [3.63, 3.8) is 0 Å². The summed E-state index contributed by atoms with van der Waals surface area (Å²) in [6.07, 6.45) is 2.26. The Morgan fingerprint density at radius 2 is 2.24 bits per heavy atom. The molecule has 1 unspecified atom stereocenters. The SMILES string of the molecule is CNC(CCc1ccsc1)c1cc(Br)c(Br)s1. The van der Waals surface area contributed by atoms with Gasteiger partial charge in [0.2, 0.25) is 0 Å². The van der Waals surface area contributed by atoms with Gasteiger partial charge in [0, 0.05) is 15.4 Å². The van der Waals surface area contributed by atoms with Gasteiger partial charge in [-0.1, -0.05) is 0 Å². The van der Waals surface area contributed by atoms with Crippen LogP contribution in [0, 0.1) is 0 Å². The maximum absolute atomic E-state index is 3.55. The molecule has 1 N–H and O–H groups in total. The van der Waals surface area contributed by atoms with Crippen molar-refractivity contribution in [2.24, 2.45) is 0 Å². The highest BCUT2D eigenvalue weighted by atomic mass is 79.9. The zero-order valence-electron chi connectivity index (χ0n) is 9.37. The van der Waals surface area contributed by atoms with Crippen LogP contribution < -0.4 is 5.32 Å². The zero-order chi connectivity index (χ0) is 12.3. The highest BCUT2D eigenvalue weighted by Gasteiger charge is 2.14. The van der Waals surface area contributed by atoms with Crippen LogP contribution in [0.1, 0.15) is 22.9 Å². The van der Waals surface area contributed by atoms with E-state index in [9.17, 15) is 0 Å². The minimum absolute atomic E-state index is 0.433. The standard InChI is InChI=1S/C12H13Br2NS2/c1-15-10(3-2-8-4-5-16-7-8)11-6-9(13)12(14)17-11/h4-7,10,15H,2-3H2,1H3. The van der Waals surface area contributed by atoms with E-state index < -0.39 is 0 Å². The third-order valence-corrected chi connectivity index (χ3v) is 6.76. The first-order valence-electron chi connectivity index (χ1n) is 5.33. The predicted octanol–water partition coefficient (Wildman–Crippen LogP) is 5.23. The molecule has 2 rings (SSSR count). The number of hydrogen-bond donors (Lipinski definition) is 1. The Bertz CT molecular complexity index is 445. The maximum atomic E-state index is 3.55. The van der Waals surface area contributed by atoms with E-state index in [0.717, 1.165) is 17.3 Å². The van der Waals surface area contributed by atoms with E-state index in [4.69, 9.17) is 0 Å². The zero-order valence-corrected chi connectivity index (χ0v) is 14.2. The van der Waals surface area contributed by atoms with Crippen LogP contribution >= 0.6 is 54.5 Å². The molecule has 2 aromatic heterocycles. The van der Waals surface area contributed by atoms with Crippen molar-refractivity contribution < 1.29 is 0 Å². The van der Waals surface area contributed by atoms with Crippen LogP contribution in [-0.2, 0) is 6.42 Å². The maximum Gasteiger partial charge on any atom is 0.0843 e. The molecule has 0 saturated carbocycles. The van der Waals surface area contributed by atoms with Gasteiger partial charge in [0.1, 0.15) is 0 Å². The first-order valence-corrected chi connectivity index (χ1v) is 8.68. The van der Waals surface area contributed by atoms with Crippen molar-refractivity contribution in [2.75, 3.05) is 7.05 Å². The highest BCUT2D eigenvalue weighted by Crippen LogP contribution is 2.36. The summed E-state index contributed by atoms with van der Waals surface area (Å²) in [4.78, 5) is 1.38. The van der Waals surface area contributed by atoms with Gasteiger partial charge in [-0.25, -0.2) is 0 Å². The van der Waals surface area contributed by atoms with E-state index >= 15 is 0 Å². The Hall–Kier alpha value is 0.320.